The number of ketones is 1. The average molecular weight is 459 g/mol. The highest BCUT2D eigenvalue weighted by atomic mass is 16.5. The molecule has 1 aliphatic rings. The van der Waals surface area contributed by atoms with Gasteiger partial charge in [0.05, 0.1) is 38.5 Å². The van der Waals surface area contributed by atoms with E-state index in [2.05, 4.69) is 0 Å². The number of anilines is 1. The van der Waals surface area contributed by atoms with Crippen LogP contribution in [0.25, 0.3) is 5.76 Å². The van der Waals surface area contributed by atoms with Crippen molar-refractivity contribution in [3.05, 3.63) is 89.0 Å². The van der Waals surface area contributed by atoms with Crippen molar-refractivity contribution < 1.29 is 28.9 Å². The van der Waals surface area contributed by atoms with Crippen LogP contribution >= 0.6 is 0 Å². The van der Waals surface area contributed by atoms with Crippen molar-refractivity contribution in [1.29, 1.82) is 0 Å². The molecule has 1 saturated heterocycles. The molecule has 1 unspecified atom stereocenters. The Morgan fingerprint density at radius 3 is 2.12 bits per heavy atom. The lowest BCUT2D eigenvalue weighted by atomic mass is 9.92. The number of methoxy groups -OCH3 is 3. The number of amides is 1. The van der Waals surface area contributed by atoms with E-state index < -0.39 is 17.7 Å². The van der Waals surface area contributed by atoms with Crippen LogP contribution in [0.2, 0.25) is 0 Å². The van der Waals surface area contributed by atoms with Crippen LogP contribution in [0, 0.1) is 6.92 Å². The number of hydrogen-bond acceptors (Lipinski definition) is 6. The molecule has 1 fully saturated rings. The van der Waals surface area contributed by atoms with E-state index in [1.54, 1.807) is 49.6 Å². The number of rotatable bonds is 6. The Bertz CT molecular complexity index is 1280. The number of aryl methyl sites for hydroxylation is 1. The molecule has 0 aromatic heterocycles. The summed E-state index contributed by atoms with van der Waals surface area (Å²) >= 11 is 0. The van der Waals surface area contributed by atoms with Crippen molar-refractivity contribution in [2.75, 3.05) is 26.2 Å². The summed E-state index contributed by atoms with van der Waals surface area (Å²) in [6.07, 6.45) is 0. The van der Waals surface area contributed by atoms with Gasteiger partial charge in [0.2, 0.25) is 0 Å². The first-order chi connectivity index (χ1) is 16.4. The maximum Gasteiger partial charge on any atom is 0.300 e. The van der Waals surface area contributed by atoms with Crippen LogP contribution in [0.15, 0.2) is 72.3 Å². The number of hydrogen-bond donors (Lipinski definition) is 1. The molecule has 0 saturated carbocycles. The molecule has 1 amide bonds. The number of aliphatic hydroxyl groups is 1. The monoisotopic (exact) mass is 459 g/mol. The van der Waals surface area contributed by atoms with Gasteiger partial charge in [0.25, 0.3) is 11.7 Å². The fraction of sp³-hybridized carbons (Fsp3) is 0.185. The van der Waals surface area contributed by atoms with E-state index in [0.717, 1.165) is 11.1 Å². The Labute approximate surface area is 197 Å². The molecule has 7 heteroatoms. The Morgan fingerprint density at radius 2 is 1.50 bits per heavy atom. The maximum atomic E-state index is 13.3. The third-order valence-electron chi connectivity index (χ3n) is 5.94. The number of benzene rings is 3. The van der Waals surface area contributed by atoms with Gasteiger partial charge in [0, 0.05) is 11.8 Å². The van der Waals surface area contributed by atoms with E-state index in [9.17, 15) is 14.7 Å². The molecule has 3 aromatic rings. The van der Waals surface area contributed by atoms with Crippen molar-refractivity contribution >= 4 is 23.1 Å². The average Bonchev–Trinajstić information content (AvgIpc) is 3.13. The van der Waals surface area contributed by atoms with Crippen LogP contribution in [0.1, 0.15) is 22.7 Å². The first-order valence-electron chi connectivity index (χ1n) is 10.6. The van der Waals surface area contributed by atoms with Gasteiger partial charge in [0.1, 0.15) is 23.0 Å². The third kappa shape index (κ3) is 3.85. The minimum absolute atomic E-state index is 0.0152. The largest absolute Gasteiger partial charge is 0.507 e. The van der Waals surface area contributed by atoms with Crippen LogP contribution < -0.4 is 19.1 Å². The van der Waals surface area contributed by atoms with Crippen LogP contribution in [0.4, 0.5) is 5.69 Å². The number of carbonyl (C=O) groups is 2. The van der Waals surface area contributed by atoms with Gasteiger partial charge in [-0.15, -0.1) is 0 Å². The second-order valence-corrected chi connectivity index (χ2v) is 7.79. The highest BCUT2D eigenvalue weighted by Crippen LogP contribution is 2.44. The summed E-state index contributed by atoms with van der Waals surface area (Å²) in [4.78, 5) is 28.1. The van der Waals surface area contributed by atoms with Gasteiger partial charge in [-0.25, -0.2) is 0 Å². The van der Waals surface area contributed by atoms with Gasteiger partial charge in [-0.1, -0.05) is 24.3 Å². The minimum Gasteiger partial charge on any atom is -0.507 e. The normalized spacial score (nSPS) is 17.1. The van der Waals surface area contributed by atoms with Crippen molar-refractivity contribution in [2.45, 2.75) is 13.0 Å². The summed E-state index contributed by atoms with van der Waals surface area (Å²) in [6, 6.07) is 18.4. The molecule has 0 radical (unpaired) electrons. The van der Waals surface area contributed by atoms with E-state index >= 15 is 0 Å². The molecular formula is C27H25NO6. The zero-order valence-electron chi connectivity index (χ0n) is 19.4. The Hall–Kier alpha value is -4.26. The molecule has 174 valence electrons. The lowest BCUT2D eigenvalue weighted by Crippen LogP contribution is -2.29. The Morgan fingerprint density at radius 1 is 0.853 bits per heavy atom. The summed E-state index contributed by atoms with van der Waals surface area (Å²) in [5.74, 6) is -0.358. The predicted molar refractivity (Wildman–Crippen MR) is 129 cm³/mol. The van der Waals surface area contributed by atoms with Crippen molar-refractivity contribution in [2.24, 2.45) is 0 Å². The van der Waals surface area contributed by atoms with Gasteiger partial charge in [-0.2, -0.15) is 0 Å². The van der Waals surface area contributed by atoms with E-state index in [0.29, 0.717) is 22.9 Å². The molecule has 1 aliphatic heterocycles. The second kappa shape index (κ2) is 9.31. The zero-order chi connectivity index (χ0) is 24.4. The topological polar surface area (TPSA) is 85.3 Å². The Balaban J connectivity index is 1.96. The van der Waals surface area contributed by atoms with Crippen molar-refractivity contribution in [1.82, 2.24) is 0 Å². The fourth-order valence-corrected chi connectivity index (χ4v) is 4.17. The number of aliphatic hydroxyl groups excluding tert-OH is 1. The third-order valence-corrected chi connectivity index (χ3v) is 5.94. The molecule has 1 N–H and O–H groups in total. The van der Waals surface area contributed by atoms with Crippen molar-refractivity contribution in [3.8, 4) is 17.2 Å². The predicted octanol–water partition coefficient (Wildman–Crippen LogP) is 4.65. The van der Waals surface area contributed by atoms with E-state index in [4.69, 9.17) is 14.2 Å². The molecule has 3 aromatic carbocycles. The lowest BCUT2D eigenvalue weighted by Gasteiger charge is -2.27. The van der Waals surface area contributed by atoms with E-state index in [1.807, 2.05) is 31.2 Å². The van der Waals surface area contributed by atoms with Gasteiger partial charge in [0.15, 0.2) is 0 Å². The highest BCUT2D eigenvalue weighted by molar-refractivity contribution is 6.51. The summed E-state index contributed by atoms with van der Waals surface area (Å²) in [5, 5.41) is 11.4. The lowest BCUT2D eigenvalue weighted by molar-refractivity contribution is -0.132. The summed E-state index contributed by atoms with van der Waals surface area (Å²) in [7, 11) is 4.53. The van der Waals surface area contributed by atoms with Crippen LogP contribution in [-0.4, -0.2) is 38.1 Å². The SMILES string of the molecule is COc1ccc(N2C(=O)C(=O)/C(=C(/O)c3ccc(OC)cc3OC)C2c2ccccc2C)cc1. The van der Waals surface area contributed by atoms with Crippen LogP contribution in [0.3, 0.4) is 0 Å². The van der Waals surface area contributed by atoms with Crippen LogP contribution in [-0.2, 0) is 9.59 Å². The number of Topliss-reactive ketones (excluding diaryl/α,β-unsaturated/α-hetero) is 1. The first-order valence-corrected chi connectivity index (χ1v) is 10.6. The van der Waals surface area contributed by atoms with Crippen LogP contribution in [0.5, 0.6) is 17.2 Å². The fourth-order valence-electron chi connectivity index (χ4n) is 4.17. The number of carbonyl (C=O) groups excluding carboxylic acids is 2. The zero-order valence-corrected chi connectivity index (χ0v) is 19.4. The van der Waals surface area contributed by atoms with Crippen molar-refractivity contribution in [3.63, 3.8) is 0 Å². The van der Waals surface area contributed by atoms with E-state index in [-0.39, 0.29) is 16.9 Å². The Kier molecular flexibility index (Phi) is 6.27. The molecule has 1 heterocycles. The maximum absolute atomic E-state index is 13.3. The van der Waals surface area contributed by atoms with Gasteiger partial charge in [-0.05, 0) is 54.4 Å². The first kappa shape index (κ1) is 22.9. The molecule has 0 spiro atoms. The number of nitrogens with zero attached hydrogens (tertiary/aromatic N) is 1. The molecule has 4 rings (SSSR count). The molecule has 0 aliphatic carbocycles. The van der Waals surface area contributed by atoms with Gasteiger partial charge >= 0.3 is 0 Å². The van der Waals surface area contributed by atoms with Gasteiger partial charge < -0.3 is 19.3 Å². The summed E-state index contributed by atoms with van der Waals surface area (Å²) < 4.78 is 15.9. The number of ether oxygens (including phenoxy) is 3. The quantitative estimate of drug-likeness (QED) is 0.328. The standard InChI is InChI=1S/C27H25NO6/c1-16-7-5-6-8-20(16)24-23(25(29)21-14-13-19(33-3)15-22(21)34-4)26(30)27(31)28(24)17-9-11-18(32-2)12-10-17/h5-15,24,29H,1-4H3/b25-23+. The molecule has 0 bridgehead atoms. The highest BCUT2D eigenvalue weighted by Gasteiger charge is 2.47. The smallest absolute Gasteiger partial charge is 0.300 e. The minimum atomic E-state index is -0.832. The second-order valence-electron chi connectivity index (χ2n) is 7.79. The molecular weight excluding hydrogens is 434 g/mol. The molecule has 7 nitrogen and oxygen atoms in total. The van der Waals surface area contributed by atoms with Gasteiger partial charge in [-0.3, -0.25) is 14.5 Å². The molecule has 1 atom stereocenters. The van der Waals surface area contributed by atoms with E-state index in [1.165, 1.54) is 19.1 Å². The molecule has 34 heavy (non-hydrogen) atoms. The summed E-state index contributed by atoms with van der Waals surface area (Å²) in [5.41, 5.74) is 2.39. The summed E-state index contributed by atoms with van der Waals surface area (Å²) in [6.45, 7) is 1.90.